The molecule has 1 aliphatic rings. The molecule has 0 bridgehead atoms. The first-order valence-electron chi connectivity index (χ1n) is 7.41. The van der Waals surface area contributed by atoms with Gasteiger partial charge >= 0.3 is 0 Å². The van der Waals surface area contributed by atoms with Gasteiger partial charge in [0.2, 0.25) is 0 Å². The Balaban J connectivity index is 2.09. The maximum Gasteiger partial charge on any atom is 0.0236 e. The molecule has 1 atom stereocenters. The molecule has 0 aliphatic carbocycles. The summed E-state index contributed by atoms with van der Waals surface area (Å²) < 4.78 is 0. The van der Waals surface area contributed by atoms with Crippen LogP contribution < -0.4 is 0 Å². The molecule has 0 amide bonds. The molecule has 1 aromatic carbocycles. The van der Waals surface area contributed by atoms with E-state index in [1.807, 2.05) is 0 Å². The average molecular weight is 245 g/mol. The van der Waals surface area contributed by atoms with Crippen molar-refractivity contribution in [3.8, 4) is 0 Å². The monoisotopic (exact) mass is 245 g/mol. The van der Waals surface area contributed by atoms with Crippen molar-refractivity contribution in [2.24, 2.45) is 5.41 Å². The summed E-state index contributed by atoms with van der Waals surface area (Å²) in [7, 11) is 0. The predicted octanol–water partition coefficient (Wildman–Crippen LogP) is 4.48. The van der Waals surface area contributed by atoms with E-state index in [0.717, 1.165) is 12.6 Å². The van der Waals surface area contributed by atoms with Gasteiger partial charge in [0.25, 0.3) is 0 Å². The molecule has 0 aromatic heterocycles. The highest BCUT2D eigenvalue weighted by Gasteiger charge is 2.34. The van der Waals surface area contributed by atoms with Gasteiger partial charge in [-0.25, -0.2) is 0 Å². The van der Waals surface area contributed by atoms with Gasteiger partial charge in [0, 0.05) is 12.6 Å². The molecule has 1 fully saturated rings. The number of hydrogen-bond acceptors (Lipinski definition) is 1. The zero-order valence-corrected chi connectivity index (χ0v) is 12.2. The molecule has 2 rings (SSSR count). The number of benzene rings is 1. The Labute approximate surface area is 112 Å². The lowest BCUT2D eigenvalue weighted by Gasteiger charge is -2.45. The molecule has 18 heavy (non-hydrogen) atoms. The maximum absolute atomic E-state index is 2.71. The van der Waals surface area contributed by atoms with Crippen LogP contribution in [0.3, 0.4) is 0 Å². The van der Waals surface area contributed by atoms with Gasteiger partial charge in [-0.3, -0.25) is 4.90 Å². The third-order valence-corrected chi connectivity index (χ3v) is 4.66. The summed E-state index contributed by atoms with van der Waals surface area (Å²) in [4.78, 5) is 2.71. The molecule has 0 radical (unpaired) electrons. The van der Waals surface area contributed by atoms with Gasteiger partial charge < -0.3 is 0 Å². The topological polar surface area (TPSA) is 3.24 Å². The Hall–Kier alpha value is -0.820. The standard InChI is InChI=1S/C17H27N/c1-4-17(2,3)16-12-8-9-13-18(16)14-15-10-6-5-7-11-15/h5-7,10-11,16H,4,8-9,12-14H2,1-3H3. The molecule has 1 nitrogen and oxygen atoms in total. The molecule has 1 heteroatoms. The van der Waals surface area contributed by atoms with Crippen LogP contribution in [0.5, 0.6) is 0 Å². The van der Waals surface area contributed by atoms with Gasteiger partial charge in [-0.2, -0.15) is 0 Å². The Morgan fingerprint density at radius 1 is 1.17 bits per heavy atom. The average Bonchev–Trinajstić information content (AvgIpc) is 2.40. The molecule has 1 heterocycles. The molecular weight excluding hydrogens is 218 g/mol. The number of rotatable bonds is 4. The van der Waals surface area contributed by atoms with Crippen molar-refractivity contribution < 1.29 is 0 Å². The first-order valence-corrected chi connectivity index (χ1v) is 7.41. The Morgan fingerprint density at radius 3 is 2.56 bits per heavy atom. The lowest BCUT2D eigenvalue weighted by molar-refractivity contribution is 0.0447. The fraction of sp³-hybridized carbons (Fsp3) is 0.647. The summed E-state index contributed by atoms with van der Waals surface area (Å²) >= 11 is 0. The van der Waals surface area contributed by atoms with Crippen LogP contribution in [0.2, 0.25) is 0 Å². The van der Waals surface area contributed by atoms with Crippen LogP contribution >= 0.6 is 0 Å². The zero-order chi connectivity index (χ0) is 13.0. The molecule has 1 aliphatic heterocycles. The fourth-order valence-corrected chi connectivity index (χ4v) is 3.12. The van der Waals surface area contributed by atoms with Crippen LogP contribution in [0.25, 0.3) is 0 Å². The second-order valence-corrected chi connectivity index (χ2v) is 6.31. The number of piperidine rings is 1. The molecule has 1 unspecified atom stereocenters. The molecule has 0 N–H and O–H groups in total. The van der Waals surface area contributed by atoms with Gasteiger partial charge in [0.15, 0.2) is 0 Å². The maximum atomic E-state index is 2.71. The van der Waals surface area contributed by atoms with Gasteiger partial charge in [0.1, 0.15) is 0 Å². The summed E-state index contributed by atoms with van der Waals surface area (Å²) in [6.45, 7) is 9.58. The normalized spacial score (nSPS) is 22.1. The first-order chi connectivity index (χ1) is 8.63. The van der Waals surface area contributed by atoms with Crippen molar-refractivity contribution in [2.75, 3.05) is 6.54 Å². The third-order valence-electron chi connectivity index (χ3n) is 4.66. The number of likely N-dealkylation sites (tertiary alicyclic amines) is 1. The van der Waals surface area contributed by atoms with E-state index >= 15 is 0 Å². The van der Waals surface area contributed by atoms with Gasteiger partial charge in [-0.1, -0.05) is 57.5 Å². The van der Waals surface area contributed by atoms with Crippen LogP contribution in [0.4, 0.5) is 0 Å². The van der Waals surface area contributed by atoms with Crippen molar-refractivity contribution in [2.45, 2.75) is 59.0 Å². The first kappa shape index (κ1) is 13.6. The highest BCUT2D eigenvalue weighted by atomic mass is 15.2. The largest absolute Gasteiger partial charge is 0.296 e. The minimum Gasteiger partial charge on any atom is -0.296 e. The zero-order valence-electron chi connectivity index (χ0n) is 12.2. The molecule has 100 valence electrons. The summed E-state index contributed by atoms with van der Waals surface area (Å²) in [5.41, 5.74) is 1.89. The van der Waals surface area contributed by atoms with E-state index in [9.17, 15) is 0 Å². The van der Waals surface area contributed by atoms with E-state index in [2.05, 4.69) is 56.0 Å². The van der Waals surface area contributed by atoms with Crippen LogP contribution in [-0.4, -0.2) is 17.5 Å². The Morgan fingerprint density at radius 2 is 1.89 bits per heavy atom. The van der Waals surface area contributed by atoms with Crippen molar-refractivity contribution in [1.29, 1.82) is 0 Å². The highest BCUT2D eigenvalue weighted by molar-refractivity contribution is 5.14. The third kappa shape index (κ3) is 3.14. The highest BCUT2D eigenvalue weighted by Crippen LogP contribution is 2.35. The SMILES string of the molecule is CCC(C)(C)C1CCCCN1Cc1ccccc1. The lowest BCUT2D eigenvalue weighted by Crippen LogP contribution is -2.47. The Bertz CT molecular complexity index is 355. The summed E-state index contributed by atoms with van der Waals surface area (Å²) in [5.74, 6) is 0. The second-order valence-electron chi connectivity index (χ2n) is 6.31. The van der Waals surface area contributed by atoms with Gasteiger partial charge in [0.05, 0.1) is 0 Å². The second kappa shape index (κ2) is 5.88. The van der Waals surface area contributed by atoms with Crippen molar-refractivity contribution in [3.05, 3.63) is 35.9 Å². The van der Waals surface area contributed by atoms with Gasteiger partial charge in [-0.15, -0.1) is 0 Å². The van der Waals surface area contributed by atoms with Crippen LogP contribution in [0.15, 0.2) is 30.3 Å². The quantitative estimate of drug-likeness (QED) is 0.756. The smallest absolute Gasteiger partial charge is 0.0236 e. The van der Waals surface area contributed by atoms with E-state index in [4.69, 9.17) is 0 Å². The van der Waals surface area contributed by atoms with E-state index in [1.54, 1.807) is 0 Å². The van der Waals surface area contributed by atoms with E-state index in [0.29, 0.717) is 5.41 Å². The molecule has 0 saturated carbocycles. The number of nitrogens with zero attached hydrogens (tertiary/aromatic N) is 1. The van der Waals surface area contributed by atoms with E-state index in [-0.39, 0.29) is 0 Å². The molecule has 1 saturated heterocycles. The number of hydrogen-bond donors (Lipinski definition) is 0. The molecule has 0 spiro atoms. The van der Waals surface area contributed by atoms with E-state index in [1.165, 1.54) is 37.8 Å². The van der Waals surface area contributed by atoms with Gasteiger partial charge in [-0.05, 0) is 36.8 Å². The minimum atomic E-state index is 0.440. The van der Waals surface area contributed by atoms with Crippen molar-refractivity contribution in [1.82, 2.24) is 4.90 Å². The molecular formula is C17H27N. The van der Waals surface area contributed by atoms with E-state index < -0.39 is 0 Å². The van der Waals surface area contributed by atoms with Crippen molar-refractivity contribution in [3.63, 3.8) is 0 Å². The summed E-state index contributed by atoms with van der Waals surface area (Å²) in [6, 6.07) is 11.7. The minimum absolute atomic E-state index is 0.440. The van der Waals surface area contributed by atoms with Crippen LogP contribution in [0.1, 0.15) is 52.0 Å². The predicted molar refractivity (Wildman–Crippen MR) is 78.6 cm³/mol. The fourth-order valence-electron chi connectivity index (χ4n) is 3.12. The Kier molecular flexibility index (Phi) is 4.45. The summed E-state index contributed by atoms with van der Waals surface area (Å²) in [5, 5.41) is 0. The van der Waals surface area contributed by atoms with Crippen molar-refractivity contribution >= 4 is 0 Å². The molecule has 1 aromatic rings. The van der Waals surface area contributed by atoms with Crippen LogP contribution in [0, 0.1) is 5.41 Å². The van der Waals surface area contributed by atoms with Crippen LogP contribution in [-0.2, 0) is 6.54 Å². The lowest BCUT2D eigenvalue weighted by atomic mass is 9.77. The summed E-state index contributed by atoms with van der Waals surface area (Å²) in [6.07, 6.45) is 5.40.